The molecule has 4 heterocycles. The fourth-order valence-electron chi connectivity index (χ4n) is 3.86. The third-order valence-electron chi connectivity index (χ3n) is 5.15. The first-order chi connectivity index (χ1) is 12.6. The molecule has 2 fully saturated rings. The van der Waals surface area contributed by atoms with Gasteiger partial charge in [-0.05, 0) is 6.42 Å². The van der Waals surface area contributed by atoms with Crippen LogP contribution in [0.5, 0.6) is 0 Å². The van der Waals surface area contributed by atoms with Crippen LogP contribution in [0.25, 0.3) is 11.4 Å². The third kappa shape index (κ3) is 2.29. The van der Waals surface area contributed by atoms with E-state index in [-0.39, 0.29) is 17.5 Å². The van der Waals surface area contributed by atoms with Gasteiger partial charge in [-0.25, -0.2) is 14.8 Å². The number of anilines is 1. The molecule has 0 saturated carbocycles. The molecule has 2 saturated heterocycles. The van der Waals surface area contributed by atoms with E-state index in [4.69, 9.17) is 4.98 Å². The van der Waals surface area contributed by atoms with Crippen molar-refractivity contribution in [2.75, 3.05) is 31.1 Å². The Hall–Kier alpha value is -3.16. The van der Waals surface area contributed by atoms with E-state index >= 15 is 0 Å². The van der Waals surface area contributed by atoms with Gasteiger partial charge >= 0.3 is 6.03 Å². The molecule has 0 aliphatic carbocycles. The van der Waals surface area contributed by atoms with Gasteiger partial charge in [0.05, 0.1) is 5.54 Å². The number of benzene rings is 1. The number of nitrogens with zero attached hydrogens (tertiary/aromatic N) is 3. The van der Waals surface area contributed by atoms with Crippen LogP contribution in [0.4, 0.5) is 10.6 Å². The van der Waals surface area contributed by atoms with Gasteiger partial charge in [0.15, 0.2) is 5.82 Å². The molecule has 1 spiro atoms. The molecule has 1 aromatic carbocycles. The smallest absolute Gasteiger partial charge is 0.315 e. The van der Waals surface area contributed by atoms with E-state index in [2.05, 4.69) is 25.8 Å². The molecule has 132 valence electrons. The van der Waals surface area contributed by atoms with Gasteiger partial charge in [0.2, 0.25) is 0 Å². The van der Waals surface area contributed by atoms with Crippen molar-refractivity contribution in [1.82, 2.24) is 25.9 Å². The number of fused-ring (bicyclic) bond motifs is 1. The summed E-state index contributed by atoms with van der Waals surface area (Å²) in [4.78, 5) is 35.3. The summed E-state index contributed by atoms with van der Waals surface area (Å²) in [5, 5.41) is 8.66. The molecule has 0 atom stereocenters. The lowest BCUT2D eigenvalue weighted by molar-refractivity contribution is 0.0940. The predicted molar refractivity (Wildman–Crippen MR) is 95.0 cm³/mol. The first kappa shape index (κ1) is 15.1. The van der Waals surface area contributed by atoms with Crippen molar-refractivity contribution in [3.63, 3.8) is 0 Å². The largest absolute Gasteiger partial charge is 0.351 e. The van der Waals surface area contributed by atoms with Crippen molar-refractivity contribution in [2.45, 2.75) is 12.0 Å². The number of hydrogen-bond acceptors (Lipinski definition) is 5. The Morgan fingerprint density at radius 1 is 1.04 bits per heavy atom. The minimum atomic E-state index is -0.237. The highest BCUT2D eigenvalue weighted by Gasteiger charge is 2.49. The van der Waals surface area contributed by atoms with E-state index in [1.807, 2.05) is 30.3 Å². The average Bonchev–Trinajstić information content (AvgIpc) is 3.03. The summed E-state index contributed by atoms with van der Waals surface area (Å²) in [7, 11) is 0. The maximum atomic E-state index is 12.4. The van der Waals surface area contributed by atoms with Crippen molar-refractivity contribution in [3.05, 3.63) is 41.6 Å². The molecule has 0 bridgehead atoms. The number of aromatic nitrogens is 2. The standard InChI is InChI=1S/C18H18N6O2/c25-16-13-12(6-7-19-16)15(22-14(21-13)11-4-2-1-3-5-11)24-9-18(10-24)8-20-17(26)23-18/h1-5H,6-10H2,(H,19,25)(H2,20,23,26). The molecule has 2 aromatic rings. The van der Waals surface area contributed by atoms with E-state index in [0.717, 1.165) is 16.9 Å². The second kappa shape index (κ2) is 5.42. The second-order valence-electron chi connectivity index (χ2n) is 7.01. The summed E-state index contributed by atoms with van der Waals surface area (Å²) in [5.74, 6) is 1.19. The van der Waals surface area contributed by atoms with Gasteiger partial charge in [-0.15, -0.1) is 0 Å². The maximum absolute atomic E-state index is 12.4. The Labute approximate surface area is 150 Å². The third-order valence-corrected chi connectivity index (χ3v) is 5.15. The highest BCUT2D eigenvalue weighted by Crippen LogP contribution is 2.34. The van der Waals surface area contributed by atoms with Gasteiger partial charge in [0.1, 0.15) is 11.5 Å². The van der Waals surface area contributed by atoms with Crippen LogP contribution in [0.3, 0.4) is 0 Å². The van der Waals surface area contributed by atoms with Gasteiger partial charge < -0.3 is 20.9 Å². The fraction of sp³-hybridized carbons (Fsp3) is 0.333. The van der Waals surface area contributed by atoms with Crippen molar-refractivity contribution in [1.29, 1.82) is 0 Å². The molecule has 8 heteroatoms. The number of urea groups is 1. The lowest BCUT2D eigenvalue weighted by atomic mass is 9.90. The van der Waals surface area contributed by atoms with Crippen molar-refractivity contribution < 1.29 is 9.59 Å². The number of amides is 3. The molecule has 3 N–H and O–H groups in total. The molecule has 3 aliphatic rings. The molecule has 26 heavy (non-hydrogen) atoms. The Kier molecular flexibility index (Phi) is 3.15. The van der Waals surface area contributed by atoms with E-state index in [9.17, 15) is 9.59 Å². The maximum Gasteiger partial charge on any atom is 0.315 e. The highest BCUT2D eigenvalue weighted by molar-refractivity contribution is 5.96. The highest BCUT2D eigenvalue weighted by atomic mass is 16.2. The van der Waals surface area contributed by atoms with Gasteiger partial charge in [-0.2, -0.15) is 0 Å². The molecule has 3 amide bonds. The molecule has 5 rings (SSSR count). The average molecular weight is 350 g/mol. The molecular weight excluding hydrogens is 332 g/mol. The number of carbonyl (C=O) groups is 2. The molecule has 1 aromatic heterocycles. The van der Waals surface area contributed by atoms with Crippen LogP contribution in [0, 0.1) is 0 Å². The molecule has 0 radical (unpaired) electrons. The predicted octanol–water partition coefficient (Wildman–Crippen LogP) is 0.301. The first-order valence-electron chi connectivity index (χ1n) is 8.69. The van der Waals surface area contributed by atoms with E-state index < -0.39 is 0 Å². The summed E-state index contributed by atoms with van der Waals surface area (Å²) >= 11 is 0. The van der Waals surface area contributed by atoms with E-state index in [1.54, 1.807) is 0 Å². The number of hydrogen-bond donors (Lipinski definition) is 3. The van der Waals surface area contributed by atoms with Crippen LogP contribution in [0.1, 0.15) is 16.1 Å². The fourth-order valence-corrected chi connectivity index (χ4v) is 3.86. The normalized spacial score (nSPS) is 20.1. The topological polar surface area (TPSA) is 99.2 Å². The monoisotopic (exact) mass is 350 g/mol. The van der Waals surface area contributed by atoms with Crippen LogP contribution in [0.2, 0.25) is 0 Å². The van der Waals surface area contributed by atoms with Gasteiger partial charge in [-0.3, -0.25) is 4.79 Å². The Morgan fingerprint density at radius 2 is 1.85 bits per heavy atom. The van der Waals surface area contributed by atoms with Crippen LogP contribution in [-0.4, -0.2) is 53.6 Å². The lowest BCUT2D eigenvalue weighted by Crippen LogP contribution is -2.69. The zero-order chi connectivity index (χ0) is 17.7. The van der Waals surface area contributed by atoms with Crippen LogP contribution in [-0.2, 0) is 6.42 Å². The van der Waals surface area contributed by atoms with Gasteiger partial charge in [-0.1, -0.05) is 30.3 Å². The second-order valence-corrected chi connectivity index (χ2v) is 7.01. The Balaban J connectivity index is 1.55. The minimum absolute atomic E-state index is 0.126. The number of nitrogens with one attached hydrogen (secondary N) is 3. The van der Waals surface area contributed by atoms with E-state index in [1.165, 1.54) is 0 Å². The summed E-state index contributed by atoms with van der Waals surface area (Å²) in [6, 6.07) is 9.53. The summed E-state index contributed by atoms with van der Waals surface area (Å²) in [6.07, 6.45) is 0.708. The number of carbonyl (C=O) groups excluding carboxylic acids is 2. The minimum Gasteiger partial charge on any atom is -0.351 e. The van der Waals surface area contributed by atoms with Crippen molar-refractivity contribution in [3.8, 4) is 11.4 Å². The Bertz CT molecular complexity index is 907. The molecule has 0 unspecified atom stereocenters. The zero-order valence-electron chi connectivity index (χ0n) is 14.1. The van der Waals surface area contributed by atoms with Crippen LogP contribution in [0.15, 0.2) is 30.3 Å². The summed E-state index contributed by atoms with van der Waals surface area (Å²) in [6.45, 7) is 2.54. The Morgan fingerprint density at radius 3 is 2.58 bits per heavy atom. The number of rotatable bonds is 2. The zero-order valence-corrected chi connectivity index (χ0v) is 14.1. The van der Waals surface area contributed by atoms with Gasteiger partial charge in [0.25, 0.3) is 5.91 Å². The molecular formula is C18H18N6O2. The summed E-state index contributed by atoms with van der Waals surface area (Å²) in [5.41, 5.74) is 1.98. The van der Waals surface area contributed by atoms with Crippen molar-refractivity contribution >= 4 is 17.8 Å². The van der Waals surface area contributed by atoms with Crippen LogP contribution < -0.4 is 20.9 Å². The lowest BCUT2D eigenvalue weighted by Gasteiger charge is -2.48. The van der Waals surface area contributed by atoms with Crippen molar-refractivity contribution in [2.24, 2.45) is 0 Å². The quantitative estimate of drug-likeness (QED) is 0.724. The van der Waals surface area contributed by atoms with Gasteiger partial charge in [0, 0.05) is 37.3 Å². The van der Waals surface area contributed by atoms with Crippen LogP contribution >= 0.6 is 0 Å². The molecule has 8 nitrogen and oxygen atoms in total. The molecule has 3 aliphatic heterocycles. The van der Waals surface area contributed by atoms with E-state index in [0.29, 0.717) is 44.1 Å². The SMILES string of the molecule is O=C1NCC2(CN(c3nc(-c4ccccc4)nc4c3CCNC4=O)C2)N1. The summed E-state index contributed by atoms with van der Waals surface area (Å²) < 4.78 is 0. The first-order valence-corrected chi connectivity index (χ1v) is 8.69.